The monoisotopic (exact) mass is 369 g/mol. The molecule has 2 aromatic carbocycles. The third-order valence-corrected chi connectivity index (χ3v) is 3.39. The van der Waals surface area contributed by atoms with Crippen LogP contribution in [-0.4, -0.2) is 18.2 Å². The van der Waals surface area contributed by atoms with Gasteiger partial charge in [-0.2, -0.15) is 0 Å². The average molecular weight is 370 g/mol. The molecule has 0 aromatic heterocycles. The molecule has 3 nitrogen and oxygen atoms in total. The average Bonchev–Trinajstić information content (AvgIpc) is 2.45. The molecule has 0 fully saturated rings. The van der Waals surface area contributed by atoms with E-state index < -0.39 is 5.82 Å². The van der Waals surface area contributed by atoms with Gasteiger partial charge in [0.05, 0.1) is 0 Å². The second kappa shape index (κ2) is 7.38. The summed E-state index contributed by atoms with van der Waals surface area (Å²) in [6.45, 7) is 0.669. The van der Waals surface area contributed by atoms with E-state index in [9.17, 15) is 4.39 Å². The molecule has 6 heteroatoms. The molecule has 0 aliphatic carbocycles. The normalized spacial score (nSPS) is 10.2. The van der Waals surface area contributed by atoms with E-state index in [1.54, 1.807) is 6.07 Å². The van der Waals surface area contributed by atoms with E-state index in [0.717, 1.165) is 10.2 Å². The summed E-state index contributed by atoms with van der Waals surface area (Å²) in [6.07, 6.45) is 0. The predicted molar refractivity (Wildman–Crippen MR) is 87.4 cm³/mol. The van der Waals surface area contributed by atoms with Gasteiger partial charge in [-0.3, -0.25) is 0 Å². The Balaban J connectivity index is 1.82. The molecule has 0 aliphatic rings. The molecule has 0 aliphatic heterocycles. The van der Waals surface area contributed by atoms with Crippen LogP contribution >= 0.6 is 28.1 Å². The Bertz CT molecular complexity index is 634. The minimum absolute atomic E-state index is 0.0256. The van der Waals surface area contributed by atoms with Crippen molar-refractivity contribution in [1.29, 1.82) is 0 Å². The molecular formula is C15H13BrFNO2S. The maximum absolute atomic E-state index is 13.6. The molecule has 0 saturated carbocycles. The van der Waals surface area contributed by atoms with Crippen molar-refractivity contribution in [3.8, 4) is 11.5 Å². The van der Waals surface area contributed by atoms with Gasteiger partial charge in [0, 0.05) is 16.1 Å². The lowest BCUT2D eigenvalue weighted by atomic mass is 10.2. The van der Waals surface area contributed by atoms with Crippen LogP contribution in [0.3, 0.4) is 0 Å². The van der Waals surface area contributed by atoms with Crippen molar-refractivity contribution in [3.63, 3.8) is 0 Å². The van der Waals surface area contributed by atoms with Crippen LogP contribution in [0.1, 0.15) is 5.56 Å². The van der Waals surface area contributed by atoms with Gasteiger partial charge >= 0.3 is 0 Å². The predicted octanol–water partition coefficient (Wildman–Crippen LogP) is 3.68. The zero-order valence-electron chi connectivity index (χ0n) is 11.0. The van der Waals surface area contributed by atoms with E-state index in [1.165, 1.54) is 12.1 Å². The van der Waals surface area contributed by atoms with E-state index >= 15 is 0 Å². The van der Waals surface area contributed by atoms with Crippen LogP contribution in [0.4, 0.5) is 4.39 Å². The quantitative estimate of drug-likeness (QED) is 0.623. The third-order valence-electron chi connectivity index (χ3n) is 2.64. The van der Waals surface area contributed by atoms with Gasteiger partial charge in [0.25, 0.3) is 0 Å². The van der Waals surface area contributed by atoms with Gasteiger partial charge in [-0.25, -0.2) is 4.39 Å². The van der Waals surface area contributed by atoms with Gasteiger partial charge in [0.1, 0.15) is 35.5 Å². The first-order valence-corrected chi connectivity index (χ1v) is 7.37. The maximum Gasteiger partial charge on any atom is 0.137 e. The Labute approximate surface area is 136 Å². The molecule has 0 bridgehead atoms. The summed E-state index contributed by atoms with van der Waals surface area (Å²) >= 11 is 8.08. The molecule has 0 atom stereocenters. The summed E-state index contributed by atoms with van der Waals surface area (Å²) in [6, 6.07) is 11.9. The largest absolute Gasteiger partial charge is 0.490 e. The number of thiocarbonyl (C=S) groups is 1. The Morgan fingerprint density at radius 1 is 1.05 bits per heavy atom. The van der Waals surface area contributed by atoms with Crippen molar-refractivity contribution < 1.29 is 13.9 Å². The number of ether oxygens (including phenoxy) is 2. The van der Waals surface area contributed by atoms with E-state index in [1.807, 2.05) is 24.3 Å². The minimum atomic E-state index is -0.492. The molecule has 0 unspecified atom stereocenters. The first-order valence-electron chi connectivity index (χ1n) is 6.17. The highest BCUT2D eigenvalue weighted by Crippen LogP contribution is 2.18. The van der Waals surface area contributed by atoms with Crippen LogP contribution in [0.2, 0.25) is 0 Å². The fraction of sp³-hybridized carbons (Fsp3) is 0.133. The van der Waals surface area contributed by atoms with Gasteiger partial charge in [0.15, 0.2) is 0 Å². The Morgan fingerprint density at radius 3 is 2.19 bits per heavy atom. The fourth-order valence-electron chi connectivity index (χ4n) is 1.64. The van der Waals surface area contributed by atoms with Crippen LogP contribution < -0.4 is 15.2 Å². The van der Waals surface area contributed by atoms with E-state index in [-0.39, 0.29) is 10.6 Å². The van der Waals surface area contributed by atoms with Crippen molar-refractivity contribution in [2.24, 2.45) is 5.73 Å². The van der Waals surface area contributed by atoms with Crippen molar-refractivity contribution in [3.05, 3.63) is 58.3 Å². The van der Waals surface area contributed by atoms with Crippen molar-refractivity contribution in [2.45, 2.75) is 0 Å². The van der Waals surface area contributed by atoms with Gasteiger partial charge in [-0.1, -0.05) is 28.1 Å². The summed E-state index contributed by atoms with van der Waals surface area (Å²) < 4.78 is 25.5. The Morgan fingerprint density at radius 2 is 1.62 bits per heavy atom. The smallest absolute Gasteiger partial charge is 0.137 e. The number of hydrogen-bond acceptors (Lipinski definition) is 3. The number of halogens is 2. The molecule has 2 aromatic rings. The van der Waals surface area contributed by atoms with E-state index in [0.29, 0.717) is 19.0 Å². The summed E-state index contributed by atoms with van der Waals surface area (Å²) in [5.41, 5.74) is 5.60. The molecule has 2 rings (SSSR count). The van der Waals surface area contributed by atoms with Gasteiger partial charge in [0.2, 0.25) is 0 Å². The SMILES string of the molecule is NC(=S)c1ccc(OCCOc2ccc(Br)cc2)cc1F. The highest BCUT2D eigenvalue weighted by atomic mass is 79.9. The summed E-state index contributed by atoms with van der Waals surface area (Å²) in [5, 5.41) is 0. The first kappa shape index (κ1) is 15.7. The van der Waals surface area contributed by atoms with Crippen LogP contribution in [0.5, 0.6) is 11.5 Å². The summed E-state index contributed by atoms with van der Waals surface area (Å²) in [4.78, 5) is 0.0256. The number of hydrogen-bond donors (Lipinski definition) is 1. The third kappa shape index (κ3) is 4.68. The van der Waals surface area contributed by atoms with Crippen LogP contribution in [0, 0.1) is 5.82 Å². The zero-order valence-corrected chi connectivity index (χ0v) is 13.4. The minimum Gasteiger partial charge on any atom is -0.490 e. The lowest BCUT2D eigenvalue weighted by molar-refractivity contribution is 0.216. The lowest BCUT2D eigenvalue weighted by Crippen LogP contribution is -2.12. The van der Waals surface area contributed by atoms with Crippen LogP contribution in [-0.2, 0) is 0 Å². The second-order valence-electron chi connectivity index (χ2n) is 4.16. The molecule has 21 heavy (non-hydrogen) atoms. The van der Waals surface area contributed by atoms with Gasteiger partial charge in [-0.15, -0.1) is 0 Å². The van der Waals surface area contributed by atoms with Crippen molar-refractivity contribution in [1.82, 2.24) is 0 Å². The maximum atomic E-state index is 13.6. The number of benzene rings is 2. The number of nitrogens with two attached hydrogens (primary N) is 1. The Kier molecular flexibility index (Phi) is 5.52. The molecule has 0 heterocycles. The van der Waals surface area contributed by atoms with Crippen LogP contribution in [0.25, 0.3) is 0 Å². The van der Waals surface area contributed by atoms with E-state index in [4.69, 9.17) is 27.4 Å². The molecule has 0 amide bonds. The molecule has 0 saturated heterocycles. The second-order valence-corrected chi connectivity index (χ2v) is 5.51. The highest BCUT2D eigenvalue weighted by Gasteiger charge is 2.06. The first-order chi connectivity index (χ1) is 10.1. The molecule has 0 radical (unpaired) electrons. The fourth-order valence-corrected chi connectivity index (χ4v) is 2.07. The topological polar surface area (TPSA) is 44.5 Å². The van der Waals surface area contributed by atoms with Crippen molar-refractivity contribution >= 4 is 33.1 Å². The zero-order chi connectivity index (χ0) is 15.2. The van der Waals surface area contributed by atoms with Crippen molar-refractivity contribution in [2.75, 3.05) is 13.2 Å². The van der Waals surface area contributed by atoms with Crippen LogP contribution in [0.15, 0.2) is 46.9 Å². The summed E-state index contributed by atoms with van der Waals surface area (Å²) in [5.74, 6) is 0.664. The number of rotatable bonds is 6. The molecule has 110 valence electrons. The Hall–Kier alpha value is -1.66. The lowest BCUT2D eigenvalue weighted by Gasteiger charge is -2.09. The van der Waals surface area contributed by atoms with Gasteiger partial charge in [-0.05, 0) is 36.4 Å². The van der Waals surface area contributed by atoms with Gasteiger partial charge < -0.3 is 15.2 Å². The molecule has 0 spiro atoms. The summed E-state index contributed by atoms with van der Waals surface area (Å²) in [7, 11) is 0. The molecule has 2 N–H and O–H groups in total. The van der Waals surface area contributed by atoms with E-state index in [2.05, 4.69) is 15.9 Å². The standard InChI is InChI=1S/C15H13BrFNO2S/c16-10-1-3-11(4-2-10)19-7-8-20-12-5-6-13(15(18)21)14(17)9-12/h1-6,9H,7-8H2,(H2,18,21). The highest BCUT2D eigenvalue weighted by molar-refractivity contribution is 9.10. The molecular weight excluding hydrogens is 357 g/mol.